The molecule has 112 valence electrons. The topological polar surface area (TPSA) is 74.2 Å². The van der Waals surface area contributed by atoms with E-state index in [1.54, 1.807) is 7.11 Å². The van der Waals surface area contributed by atoms with Crippen LogP contribution >= 0.6 is 0 Å². The first-order chi connectivity index (χ1) is 10.8. The summed E-state index contributed by atoms with van der Waals surface area (Å²) in [5.41, 5.74) is 7.84. The molecule has 0 saturated carbocycles. The second-order valence-corrected chi connectivity index (χ2v) is 4.99. The lowest BCUT2D eigenvalue weighted by Gasteiger charge is -2.14. The van der Waals surface area contributed by atoms with Crippen molar-refractivity contribution >= 4 is 6.01 Å². The van der Waals surface area contributed by atoms with E-state index in [0.717, 1.165) is 17.7 Å². The first kappa shape index (κ1) is 14.1. The summed E-state index contributed by atoms with van der Waals surface area (Å²) in [4.78, 5) is 0. The van der Waals surface area contributed by atoms with Crippen molar-refractivity contribution in [3.05, 3.63) is 71.6 Å². The number of hydrogen-bond donors (Lipinski definition) is 1. The number of hydrogen-bond acceptors (Lipinski definition) is 5. The van der Waals surface area contributed by atoms with Crippen LogP contribution in [0.5, 0.6) is 5.75 Å². The summed E-state index contributed by atoms with van der Waals surface area (Å²) in [6, 6.07) is 18.1. The minimum absolute atomic E-state index is 0.0434. The van der Waals surface area contributed by atoms with Crippen LogP contribution in [0.15, 0.2) is 59.0 Å². The molecule has 3 rings (SSSR count). The normalized spacial score (nSPS) is 12.0. The highest BCUT2D eigenvalue weighted by atomic mass is 16.5. The lowest BCUT2D eigenvalue weighted by Crippen LogP contribution is -2.06. The maximum Gasteiger partial charge on any atom is 0.312 e. The van der Waals surface area contributed by atoms with Gasteiger partial charge < -0.3 is 14.9 Å². The Bertz CT molecular complexity index is 723. The minimum Gasteiger partial charge on any atom is -0.497 e. The van der Waals surface area contributed by atoms with Gasteiger partial charge in [0.05, 0.1) is 13.0 Å². The zero-order valence-corrected chi connectivity index (χ0v) is 12.3. The summed E-state index contributed by atoms with van der Waals surface area (Å²) in [5, 5.41) is 7.83. The summed E-state index contributed by atoms with van der Waals surface area (Å²) in [7, 11) is 1.65. The molecule has 5 nitrogen and oxygen atoms in total. The smallest absolute Gasteiger partial charge is 0.312 e. The van der Waals surface area contributed by atoms with Crippen molar-refractivity contribution in [1.82, 2.24) is 10.2 Å². The SMILES string of the molecule is COc1ccc(C(Cc2ccccc2)c2nnc(N)o2)cc1. The van der Waals surface area contributed by atoms with Gasteiger partial charge in [-0.05, 0) is 29.7 Å². The van der Waals surface area contributed by atoms with Crippen LogP contribution in [0.2, 0.25) is 0 Å². The fourth-order valence-corrected chi connectivity index (χ4v) is 2.42. The Morgan fingerprint density at radius 2 is 1.77 bits per heavy atom. The highest BCUT2D eigenvalue weighted by molar-refractivity contribution is 5.34. The Hall–Kier alpha value is -2.82. The lowest BCUT2D eigenvalue weighted by molar-refractivity contribution is 0.414. The van der Waals surface area contributed by atoms with Gasteiger partial charge in [-0.1, -0.05) is 47.6 Å². The van der Waals surface area contributed by atoms with E-state index in [1.165, 1.54) is 5.56 Å². The summed E-state index contributed by atoms with van der Waals surface area (Å²) >= 11 is 0. The van der Waals surface area contributed by atoms with Crippen molar-refractivity contribution in [1.29, 1.82) is 0 Å². The number of nitrogen functional groups attached to an aromatic ring is 1. The molecule has 2 aromatic carbocycles. The molecule has 2 N–H and O–H groups in total. The molecule has 0 spiro atoms. The molecule has 1 unspecified atom stereocenters. The molecular weight excluding hydrogens is 278 g/mol. The molecular formula is C17H17N3O2. The van der Waals surface area contributed by atoms with Gasteiger partial charge in [-0.25, -0.2) is 0 Å². The molecule has 5 heteroatoms. The van der Waals surface area contributed by atoms with Gasteiger partial charge in [0.15, 0.2) is 0 Å². The van der Waals surface area contributed by atoms with Gasteiger partial charge in [-0.15, -0.1) is 5.10 Å². The number of nitrogens with two attached hydrogens (primary N) is 1. The molecule has 0 bridgehead atoms. The molecule has 1 aromatic heterocycles. The summed E-state index contributed by atoms with van der Waals surface area (Å²) < 4.78 is 10.7. The third-order valence-corrected chi connectivity index (χ3v) is 3.56. The monoisotopic (exact) mass is 295 g/mol. The maximum atomic E-state index is 5.57. The predicted molar refractivity (Wildman–Crippen MR) is 83.7 cm³/mol. The highest BCUT2D eigenvalue weighted by Crippen LogP contribution is 2.29. The van der Waals surface area contributed by atoms with E-state index in [4.69, 9.17) is 14.9 Å². The predicted octanol–water partition coefficient (Wildman–Crippen LogP) is 3.04. The standard InChI is InChI=1S/C17H17N3O2/c1-21-14-9-7-13(8-10-14)15(16-19-20-17(18)22-16)11-12-5-3-2-4-6-12/h2-10,15H,11H2,1H3,(H2,18,20). The second-order valence-electron chi connectivity index (χ2n) is 4.99. The van der Waals surface area contributed by atoms with E-state index in [1.807, 2.05) is 42.5 Å². The summed E-state index contributed by atoms with van der Waals surface area (Å²) in [6.07, 6.45) is 0.759. The molecule has 0 aliphatic carbocycles. The van der Waals surface area contributed by atoms with E-state index < -0.39 is 0 Å². The Kier molecular flexibility index (Phi) is 4.05. The zero-order valence-electron chi connectivity index (χ0n) is 12.3. The van der Waals surface area contributed by atoms with Crippen LogP contribution in [-0.2, 0) is 6.42 Å². The average molecular weight is 295 g/mol. The van der Waals surface area contributed by atoms with Crippen LogP contribution in [0, 0.1) is 0 Å². The Labute approximate surface area is 128 Å². The van der Waals surface area contributed by atoms with E-state index >= 15 is 0 Å². The second kappa shape index (κ2) is 6.30. The molecule has 1 atom stereocenters. The Morgan fingerprint density at radius 1 is 1.05 bits per heavy atom. The molecule has 0 saturated heterocycles. The van der Waals surface area contributed by atoms with Crippen molar-refractivity contribution in [2.45, 2.75) is 12.3 Å². The fourth-order valence-electron chi connectivity index (χ4n) is 2.42. The van der Waals surface area contributed by atoms with Crippen molar-refractivity contribution in [3.8, 4) is 5.75 Å². The third-order valence-electron chi connectivity index (χ3n) is 3.56. The van der Waals surface area contributed by atoms with Crippen molar-refractivity contribution in [2.24, 2.45) is 0 Å². The fraction of sp³-hybridized carbons (Fsp3) is 0.176. The number of ether oxygens (including phenoxy) is 1. The Balaban J connectivity index is 1.94. The van der Waals surface area contributed by atoms with Gasteiger partial charge in [0.2, 0.25) is 5.89 Å². The number of aromatic nitrogens is 2. The number of benzene rings is 2. The third kappa shape index (κ3) is 3.09. The molecule has 3 aromatic rings. The number of nitrogens with zero attached hydrogens (tertiary/aromatic N) is 2. The summed E-state index contributed by atoms with van der Waals surface area (Å²) in [5.74, 6) is 1.29. The van der Waals surface area contributed by atoms with Crippen LogP contribution in [-0.4, -0.2) is 17.3 Å². The zero-order chi connectivity index (χ0) is 15.4. The molecule has 0 amide bonds. The van der Waals surface area contributed by atoms with Crippen LogP contribution in [0.25, 0.3) is 0 Å². The number of rotatable bonds is 5. The van der Waals surface area contributed by atoms with Crippen LogP contribution in [0.3, 0.4) is 0 Å². The van der Waals surface area contributed by atoms with Crippen LogP contribution in [0.1, 0.15) is 22.9 Å². The quantitative estimate of drug-likeness (QED) is 0.783. The molecule has 0 radical (unpaired) electrons. The van der Waals surface area contributed by atoms with Crippen LogP contribution < -0.4 is 10.5 Å². The maximum absolute atomic E-state index is 5.57. The largest absolute Gasteiger partial charge is 0.497 e. The van der Waals surface area contributed by atoms with Crippen LogP contribution in [0.4, 0.5) is 6.01 Å². The summed E-state index contributed by atoms with van der Waals surface area (Å²) in [6.45, 7) is 0. The van der Waals surface area contributed by atoms with E-state index in [2.05, 4.69) is 22.3 Å². The lowest BCUT2D eigenvalue weighted by atomic mass is 9.92. The van der Waals surface area contributed by atoms with Gasteiger partial charge in [0.25, 0.3) is 0 Å². The molecule has 0 fully saturated rings. The van der Waals surface area contributed by atoms with E-state index in [0.29, 0.717) is 5.89 Å². The van der Waals surface area contributed by atoms with Gasteiger partial charge in [0.1, 0.15) is 5.75 Å². The minimum atomic E-state index is -0.0434. The van der Waals surface area contributed by atoms with Crippen molar-refractivity contribution < 1.29 is 9.15 Å². The molecule has 1 heterocycles. The van der Waals surface area contributed by atoms with E-state index in [9.17, 15) is 0 Å². The first-order valence-electron chi connectivity index (χ1n) is 7.03. The average Bonchev–Trinajstić information content (AvgIpc) is 3.00. The molecule has 0 aliphatic heterocycles. The van der Waals surface area contributed by atoms with Gasteiger partial charge in [-0.3, -0.25) is 0 Å². The van der Waals surface area contributed by atoms with E-state index in [-0.39, 0.29) is 11.9 Å². The van der Waals surface area contributed by atoms with Gasteiger partial charge in [-0.2, -0.15) is 0 Å². The van der Waals surface area contributed by atoms with Crippen molar-refractivity contribution in [3.63, 3.8) is 0 Å². The number of methoxy groups -OCH3 is 1. The van der Waals surface area contributed by atoms with Gasteiger partial charge >= 0.3 is 6.01 Å². The van der Waals surface area contributed by atoms with Gasteiger partial charge in [0, 0.05) is 0 Å². The molecule has 22 heavy (non-hydrogen) atoms. The Morgan fingerprint density at radius 3 is 2.36 bits per heavy atom. The number of anilines is 1. The first-order valence-corrected chi connectivity index (χ1v) is 7.03. The van der Waals surface area contributed by atoms with Crippen molar-refractivity contribution in [2.75, 3.05) is 12.8 Å². The highest BCUT2D eigenvalue weighted by Gasteiger charge is 2.21. The molecule has 0 aliphatic rings.